The van der Waals surface area contributed by atoms with E-state index in [0.29, 0.717) is 10.5 Å². The molecule has 0 bridgehead atoms. The van der Waals surface area contributed by atoms with Crippen LogP contribution in [0.25, 0.3) is 0 Å². The molecule has 0 spiro atoms. The molecular weight excluding hydrogens is 238 g/mol. The summed E-state index contributed by atoms with van der Waals surface area (Å²) in [6, 6.07) is 0.100. The highest BCUT2D eigenvalue weighted by atomic mass is 32.2. The van der Waals surface area contributed by atoms with Gasteiger partial charge in [-0.25, -0.2) is 0 Å². The summed E-state index contributed by atoms with van der Waals surface area (Å²) in [7, 11) is 0. The van der Waals surface area contributed by atoms with Crippen LogP contribution in [0.4, 0.5) is 0 Å². The Kier molecular flexibility index (Phi) is 4.92. The Balaban J connectivity index is 2.00. The summed E-state index contributed by atoms with van der Waals surface area (Å²) in [6.07, 6.45) is 5.67. The van der Waals surface area contributed by atoms with Crippen LogP contribution in [-0.2, 0) is 4.74 Å². The van der Waals surface area contributed by atoms with Gasteiger partial charge >= 0.3 is 0 Å². The standard InChI is InChI=1S/C12H21NOS2/c1-2-10-12(16-8-7-15-10)11(13)9-5-3-4-6-14-9/h5,10-12H,2-4,6-8,13H2,1H3. The summed E-state index contributed by atoms with van der Waals surface area (Å²) in [5.74, 6) is 3.55. The monoisotopic (exact) mass is 259 g/mol. The summed E-state index contributed by atoms with van der Waals surface area (Å²) >= 11 is 4.11. The molecule has 2 N–H and O–H groups in total. The second-order valence-corrected chi connectivity index (χ2v) is 6.91. The first kappa shape index (κ1) is 12.7. The van der Waals surface area contributed by atoms with Crippen molar-refractivity contribution in [3.05, 3.63) is 11.8 Å². The molecule has 2 aliphatic rings. The van der Waals surface area contributed by atoms with Crippen molar-refractivity contribution in [3.63, 3.8) is 0 Å². The SMILES string of the molecule is CCC1SCCSC1C(N)C1=CCCCO1. The zero-order valence-electron chi connectivity index (χ0n) is 9.85. The van der Waals surface area contributed by atoms with E-state index in [2.05, 4.69) is 24.8 Å². The third-order valence-electron chi connectivity index (χ3n) is 3.14. The van der Waals surface area contributed by atoms with Gasteiger partial charge < -0.3 is 10.5 Å². The van der Waals surface area contributed by atoms with Crippen molar-refractivity contribution in [1.82, 2.24) is 0 Å². The van der Waals surface area contributed by atoms with Crippen LogP contribution >= 0.6 is 23.5 Å². The second-order valence-electron chi connectivity index (χ2n) is 4.28. The lowest BCUT2D eigenvalue weighted by atomic mass is 10.1. The molecule has 92 valence electrons. The van der Waals surface area contributed by atoms with Gasteiger partial charge in [0.15, 0.2) is 0 Å². The minimum absolute atomic E-state index is 0.100. The van der Waals surface area contributed by atoms with E-state index in [4.69, 9.17) is 10.5 Å². The van der Waals surface area contributed by atoms with Gasteiger partial charge in [0.2, 0.25) is 0 Å². The minimum atomic E-state index is 0.100. The Labute approximate surface area is 107 Å². The van der Waals surface area contributed by atoms with Gasteiger partial charge in [0.25, 0.3) is 0 Å². The first-order valence-electron chi connectivity index (χ1n) is 6.14. The quantitative estimate of drug-likeness (QED) is 0.845. The molecule has 16 heavy (non-hydrogen) atoms. The van der Waals surface area contributed by atoms with Gasteiger partial charge in [-0.05, 0) is 25.3 Å². The highest BCUT2D eigenvalue weighted by Crippen LogP contribution is 2.36. The van der Waals surface area contributed by atoms with E-state index in [-0.39, 0.29) is 6.04 Å². The van der Waals surface area contributed by atoms with Crippen LogP contribution in [-0.4, -0.2) is 34.7 Å². The number of ether oxygens (including phenoxy) is 1. The third-order valence-corrected chi connectivity index (χ3v) is 6.51. The lowest BCUT2D eigenvalue weighted by molar-refractivity contribution is 0.174. The predicted octanol–water partition coefficient (Wildman–Crippen LogP) is 2.64. The van der Waals surface area contributed by atoms with Gasteiger partial charge in [0.1, 0.15) is 5.76 Å². The zero-order chi connectivity index (χ0) is 11.4. The van der Waals surface area contributed by atoms with E-state index in [1.165, 1.54) is 17.9 Å². The summed E-state index contributed by atoms with van der Waals surface area (Å²) in [6.45, 7) is 3.11. The fourth-order valence-electron chi connectivity index (χ4n) is 2.24. The first-order chi connectivity index (χ1) is 7.83. The largest absolute Gasteiger partial charge is 0.497 e. The zero-order valence-corrected chi connectivity index (χ0v) is 11.5. The number of hydrogen-bond acceptors (Lipinski definition) is 4. The molecule has 3 atom stereocenters. The average Bonchev–Trinajstić information content (AvgIpc) is 2.39. The maximum atomic E-state index is 6.36. The van der Waals surface area contributed by atoms with E-state index in [1.54, 1.807) is 0 Å². The number of hydrogen-bond donors (Lipinski definition) is 1. The molecule has 2 aliphatic heterocycles. The van der Waals surface area contributed by atoms with Crippen molar-refractivity contribution in [2.75, 3.05) is 18.1 Å². The fraction of sp³-hybridized carbons (Fsp3) is 0.833. The van der Waals surface area contributed by atoms with E-state index in [9.17, 15) is 0 Å². The number of allylic oxidation sites excluding steroid dienone is 1. The molecular formula is C12H21NOS2. The van der Waals surface area contributed by atoms with Crippen molar-refractivity contribution in [2.45, 2.75) is 42.7 Å². The minimum Gasteiger partial charge on any atom is -0.497 e. The molecule has 1 saturated heterocycles. The molecule has 2 nitrogen and oxygen atoms in total. The summed E-state index contributed by atoms with van der Waals surface area (Å²) < 4.78 is 5.70. The van der Waals surface area contributed by atoms with E-state index in [0.717, 1.165) is 25.2 Å². The van der Waals surface area contributed by atoms with Crippen molar-refractivity contribution in [3.8, 4) is 0 Å². The van der Waals surface area contributed by atoms with E-state index < -0.39 is 0 Å². The maximum Gasteiger partial charge on any atom is 0.110 e. The molecule has 0 radical (unpaired) electrons. The molecule has 0 aromatic rings. The highest BCUT2D eigenvalue weighted by Gasteiger charge is 2.33. The topological polar surface area (TPSA) is 35.2 Å². The highest BCUT2D eigenvalue weighted by molar-refractivity contribution is 8.07. The van der Waals surface area contributed by atoms with Gasteiger partial charge in [0.05, 0.1) is 12.6 Å². The molecule has 3 unspecified atom stereocenters. The molecule has 4 heteroatoms. The van der Waals surface area contributed by atoms with Gasteiger partial charge in [-0.1, -0.05) is 6.92 Å². The number of rotatable bonds is 3. The van der Waals surface area contributed by atoms with Crippen LogP contribution in [0, 0.1) is 0 Å². The molecule has 1 fully saturated rings. The Morgan fingerprint density at radius 3 is 3.00 bits per heavy atom. The van der Waals surface area contributed by atoms with Gasteiger partial charge in [0, 0.05) is 22.0 Å². The van der Waals surface area contributed by atoms with Crippen LogP contribution < -0.4 is 5.73 Å². The lowest BCUT2D eigenvalue weighted by Crippen LogP contribution is -2.43. The molecule has 0 amide bonds. The van der Waals surface area contributed by atoms with Crippen LogP contribution in [0.15, 0.2) is 11.8 Å². The van der Waals surface area contributed by atoms with Crippen LogP contribution in [0.3, 0.4) is 0 Å². The third kappa shape index (κ3) is 2.90. The molecule has 2 rings (SSSR count). The molecule has 0 aliphatic carbocycles. The smallest absolute Gasteiger partial charge is 0.110 e. The molecule has 0 saturated carbocycles. The maximum absolute atomic E-state index is 6.36. The average molecular weight is 259 g/mol. The predicted molar refractivity (Wildman–Crippen MR) is 74.0 cm³/mol. The first-order valence-corrected chi connectivity index (χ1v) is 8.24. The second kappa shape index (κ2) is 6.22. The summed E-state index contributed by atoms with van der Waals surface area (Å²) in [5.41, 5.74) is 6.36. The number of thioether (sulfide) groups is 2. The van der Waals surface area contributed by atoms with Gasteiger partial charge in [-0.15, -0.1) is 0 Å². The van der Waals surface area contributed by atoms with E-state index in [1.807, 2.05) is 11.8 Å². The lowest BCUT2D eigenvalue weighted by Gasteiger charge is -2.35. The normalized spacial score (nSPS) is 32.8. The molecule has 2 heterocycles. The van der Waals surface area contributed by atoms with Crippen molar-refractivity contribution in [1.29, 1.82) is 0 Å². The Hall–Kier alpha value is 0.200. The van der Waals surface area contributed by atoms with Crippen molar-refractivity contribution >= 4 is 23.5 Å². The molecule has 0 aromatic carbocycles. The van der Waals surface area contributed by atoms with E-state index >= 15 is 0 Å². The Morgan fingerprint density at radius 2 is 2.31 bits per heavy atom. The van der Waals surface area contributed by atoms with Crippen LogP contribution in [0.5, 0.6) is 0 Å². The van der Waals surface area contributed by atoms with Crippen molar-refractivity contribution < 1.29 is 4.74 Å². The van der Waals surface area contributed by atoms with Crippen LogP contribution in [0.2, 0.25) is 0 Å². The van der Waals surface area contributed by atoms with Crippen molar-refractivity contribution in [2.24, 2.45) is 5.73 Å². The van der Waals surface area contributed by atoms with Crippen LogP contribution in [0.1, 0.15) is 26.2 Å². The van der Waals surface area contributed by atoms with Gasteiger partial charge in [-0.3, -0.25) is 0 Å². The summed E-state index contributed by atoms with van der Waals surface area (Å²) in [4.78, 5) is 0. The fourth-order valence-corrected chi connectivity index (χ4v) is 5.40. The Bertz CT molecular complexity index is 257. The Morgan fingerprint density at radius 1 is 1.50 bits per heavy atom. The van der Waals surface area contributed by atoms with Gasteiger partial charge in [-0.2, -0.15) is 23.5 Å². The summed E-state index contributed by atoms with van der Waals surface area (Å²) in [5, 5.41) is 1.23. The molecule has 0 aromatic heterocycles. The number of nitrogens with two attached hydrogens (primary N) is 1.